The second-order valence-corrected chi connectivity index (χ2v) is 7.65. The summed E-state index contributed by atoms with van der Waals surface area (Å²) in [5.74, 6) is 1.99. The smallest absolute Gasteiger partial charge is 0.291 e. The zero-order valence-electron chi connectivity index (χ0n) is 15.3. The minimum absolute atomic E-state index is 0.139. The van der Waals surface area contributed by atoms with Gasteiger partial charge in [0.25, 0.3) is 5.56 Å². The molecular formula is C18H19N7O2S. The number of nitrogens with zero attached hydrogens (tertiary/aromatic N) is 5. The highest BCUT2D eigenvalue weighted by Crippen LogP contribution is 2.24. The van der Waals surface area contributed by atoms with E-state index in [0.29, 0.717) is 24.3 Å². The lowest BCUT2D eigenvalue weighted by molar-refractivity contribution is -0.117. The van der Waals surface area contributed by atoms with Gasteiger partial charge in [0.05, 0.1) is 23.0 Å². The second-order valence-electron chi connectivity index (χ2n) is 6.70. The molecule has 144 valence electrons. The van der Waals surface area contributed by atoms with Crippen LogP contribution in [-0.2, 0) is 30.8 Å². The SMILES string of the molecule is CCc1nn(CC(=O)Nc2cnc3n2CCNC3)c(=O)c2cc3sccc3n12. The molecule has 5 rings (SSSR count). The molecule has 1 aliphatic heterocycles. The van der Waals surface area contributed by atoms with Crippen LogP contribution in [-0.4, -0.2) is 36.2 Å². The molecule has 0 aromatic carbocycles. The summed E-state index contributed by atoms with van der Waals surface area (Å²) in [7, 11) is 0. The molecule has 4 aromatic heterocycles. The quantitative estimate of drug-likeness (QED) is 0.539. The molecule has 0 saturated heterocycles. The van der Waals surface area contributed by atoms with Gasteiger partial charge in [-0.25, -0.2) is 9.67 Å². The molecule has 0 fully saturated rings. The van der Waals surface area contributed by atoms with E-state index in [0.717, 1.165) is 35.0 Å². The monoisotopic (exact) mass is 397 g/mol. The Kier molecular flexibility index (Phi) is 4.02. The molecule has 9 nitrogen and oxygen atoms in total. The second kappa shape index (κ2) is 6.57. The minimum Gasteiger partial charge on any atom is -0.312 e. The van der Waals surface area contributed by atoms with E-state index in [1.807, 2.05) is 33.4 Å². The van der Waals surface area contributed by atoms with E-state index in [1.54, 1.807) is 17.5 Å². The Labute approximate surface area is 163 Å². The highest BCUT2D eigenvalue weighted by Gasteiger charge is 2.18. The molecule has 2 N–H and O–H groups in total. The summed E-state index contributed by atoms with van der Waals surface area (Å²) < 4.78 is 6.16. The minimum atomic E-state index is -0.296. The number of carbonyl (C=O) groups excluding carboxylic acids is 1. The molecule has 0 bridgehead atoms. The number of carbonyl (C=O) groups is 1. The van der Waals surface area contributed by atoms with Crippen molar-refractivity contribution in [3.63, 3.8) is 0 Å². The Balaban J connectivity index is 1.48. The molecule has 4 aromatic rings. The molecule has 1 aliphatic rings. The van der Waals surface area contributed by atoms with Gasteiger partial charge in [-0.05, 0) is 17.5 Å². The normalized spacial score (nSPS) is 13.9. The van der Waals surface area contributed by atoms with Gasteiger partial charge in [-0.3, -0.25) is 14.0 Å². The summed E-state index contributed by atoms with van der Waals surface area (Å²) in [6, 6.07) is 3.86. The molecule has 0 saturated carbocycles. The van der Waals surface area contributed by atoms with Crippen LogP contribution in [0.25, 0.3) is 15.7 Å². The van der Waals surface area contributed by atoms with Gasteiger partial charge < -0.3 is 15.2 Å². The van der Waals surface area contributed by atoms with E-state index >= 15 is 0 Å². The first-order chi connectivity index (χ1) is 13.7. The summed E-state index contributed by atoms with van der Waals surface area (Å²) in [5, 5.41) is 12.6. The molecule has 28 heavy (non-hydrogen) atoms. The number of amides is 1. The average molecular weight is 397 g/mol. The van der Waals surface area contributed by atoms with Crippen molar-refractivity contribution < 1.29 is 4.79 Å². The largest absolute Gasteiger partial charge is 0.312 e. The molecule has 0 unspecified atom stereocenters. The van der Waals surface area contributed by atoms with Gasteiger partial charge in [-0.1, -0.05) is 6.92 Å². The maximum absolute atomic E-state index is 12.9. The van der Waals surface area contributed by atoms with Crippen LogP contribution < -0.4 is 16.2 Å². The zero-order chi connectivity index (χ0) is 19.3. The molecule has 0 atom stereocenters. The molecule has 10 heteroatoms. The fraction of sp³-hybridized carbons (Fsp3) is 0.333. The average Bonchev–Trinajstić information content (AvgIpc) is 3.39. The van der Waals surface area contributed by atoms with Crippen LogP contribution in [0.4, 0.5) is 5.82 Å². The van der Waals surface area contributed by atoms with Crippen LogP contribution in [0, 0.1) is 0 Å². The molecule has 5 heterocycles. The van der Waals surface area contributed by atoms with E-state index in [-0.39, 0.29) is 18.0 Å². The van der Waals surface area contributed by atoms with Crippen molar-refractivity contribution in [2.24, 2.45) is 0 Å². The summed E-state index contributed by atoms with van der Waals surface area (Å²) in [4.78, 5) is 29.8. The van der Waals surface area contributed by atoms with Gasteiger partial charge in [-0.15, -0.1) is 11.3 Å². The number of nitrogens with one attached hydrogen (secondary N) is 2. The lowest BCUT2D eigenvalue weighted by Gasteiger charge is -2.17. The van der Waals surface area contributed by atoms with E-state index in [1.165, 1.54) is 4.68 Å². The summed E-state index contributed by atoms with van der Waals surface area (Å²) in [6.07, 6.45) is 2.30. The van der Waals surface area contributed by atoms with Gasteiger partial charge in [0, 0.05) is 19.5 Å². The lowest BCUT2D eigenvalue weighted by Crippen LogP contribution is -2.33. The Morgan fingerprint density at radius 1 is 1.39 bits per heavy atom. The van der Waals surface area contributed by atoms with Crippen molar-refractivity contribution in [2.75, 3.05) is 11.9 Å². The standard InChI is InChI=1S/C18H19N7O2S/c1-2-14-22-24(18(27)12-7-13-11(25(12)14)3-6-28-13)10-17(26)21-16-9-20-15-8-19-4-5-23(15)16/h3,6-7,9,19H,2,4-5,8,10H2,1H3,(H,21,26). The number of hydrogen-bond acceptors (Lipinski definition) is 6. The van der Waals surface area contributed by atoms with Gasteiger partial charge in [0.15, 0.2) is 0 Å². The van der Waals surface area contributed by atoms with Gasteiger partial charge >= 0.3 is 0 Å². The number of fused-ring (bicyclic) bond motifs is 4. The Morgan fingerprint density at radius 2 is 2.29 bits per heavy atom. The molecule has 0 radical (unpaired) electrons. The Morgan fingerprint density at radius 3 is 3.14 bits per heavy atom. The predicted octanol–water partition coefficient (Wildman–Crippen LogP) is 1.21. The Bertz CT molecular complexity index is 1260. The molecular weight excluding hydrogens is 378 g/mol. The number of imidazole rings is 1. The first kappa shape index (κ1) is 17.1. The van der Waals surface area contributed by atoms with Crippen molar-refractivity contribution in [3.8, 4) is 0 Å². The molecule has 0 spiro atoms. The van der Waals surface area contributed by atoms with Gasteiger partial charge in [0.2, 0.25) is 5.91 Å². The van der Waals surface area contributed by atoms with Crippen LogP contribution in [0.1, 0.15) is 18.6 Å². The third kappa shape index (κ3) is 2.64. The topological polar surface area (TPSA) is 98.2 Å². The predicted molar refractivity (Wildman–Crippen MR) is 107 cm³/mol. The van der Waals surface area contributed by atoms with E-state index in [9.17, 15) is 9.59 Å². The maximum atomic E-state index is 12.9. The van der Waals surface area contributed by atoms with Crippen molar-refractivity contribution in [1.29, 1.82) is 0 Å². The fourth-order valence-corrected chi connectivity index (χ4v) is 4.48. The van der Waals surface area contributed by atoms with E-state index in [4.69, 9.17) is 0 Å². The molecule has 1 amide bonds. The summed E-state index contributed by atoms with van der Waals surface area (Å²) >= 11 is 1.59. The van der Waals surface area contributed by atoms with Crippen molar-refractivity contribution in [1.82, 2.24) is 29.0 Å². The lowest BCUT2D eigenvalue weighted by atomic mass is 10.4. The number of anilines is 1. The fourth-order valence-electron chi connectivity index (χ4n) is 3.67. The number of aromatic nitrogens is 5. The highest BCUT2D eigenvalue weighted by atomic mass is 32.1. The first-order valence-corrected chi connectivity index (χ1v) is 10.1. The number of thiophene rings is 1. The zero-order valence-corrected chi connectivity index (χ0v) is 16.1. The van der Waals surface area contributed by atoms with Crippen molar-refractivity contribution >= 4 is 38.8 Å². The number of aryl methyl sites for hydroxylation is 1. The van der Waals surface area contributed by atoms with Crippen LogP contribution in [0.15, 0.2) is 28.5 Å². The van der Waals surface area contributed by atoms with Crippen LogP contribution in [0.3, 0.4) is 0 Å². The van der Waals surface area contributed by atoms with Gasteiger partial charge in [-0.2, -0.15) is 5.10 Å². The van der Waals surface area contributed by atoms with E-state index in [2.05, 4.69) is 20.7 Å². The third-order valence-corrected chi connectivity index (χ3v) is 5.83. The molecule has 0 aliphatic carbocycles. The van der Waals surface area contributed by atoms with Crippen LogP contribution in [0.5, 0.6) is 0 Å². The van der Waals surface area contributed by atoms with Crippen LogP contribution >= 0.6 is 11.3 Å². The Hall–Kier alpha value is -2.98. The highest BCUT2D eigenvalue weighted by molar-refractivity contribution is 7.17. The maximum Gasteiger partial charge on any atom is 0.291 e. The third-order valence-electron chi connectivity index (χ3n) is 4.98. The van der Waals surface area contributed by atoms with Crippen LogP contribution in [0.2, 0.25) is 0 Å². The van der Waals surface area contributed by atoms with E-state index < -0.39 is 0 Å². The number of rotatable bonds is 4. The van der Waals surface area contributed by atoms with Crippen molar-refractivity contribution in [3.05, 3.63) is 45.7 Å². The van der Waals surface area contributed by atoms with Crippen molar-refractivity contribution in [2.45, 2.75) is 33.0 Å². The first-order valence-electron chi connectivity index (χ1n) is 9.19. The summed E-state index contributed by atoms with van der Waals surface area (Å²) in [6.45, 7) is 4.10. The number of hydrogen-bond donors (Lipinski definition) is 2. The van der Waals surface area contributed by atoms with Gasteiger partial charge in [0.1, 0.15) is 29.5 Å². The summed E-state index contributed by atoms with van der Waals surface area (Å²) in [5.41, 5.74) is 1.27.